The fourth-order valence-corrected chi connectivity index (χ4v) is 1.72. The van der Waals surface area contributed by atoms with Gasteiger partial charge in [0.25, 0.3) is 5.89 Å². The fraction of sp³-hybridized carbons (Fsp3) is 0. The molecule has 0 aliphatic rings. The monoisotopic (exact) mass is 272 g/mol. The number of nitrogens with zero attached hydrogens (tertiary/aromatic N) is 5. The van der Waals surface area contributed by atoms with Crippen molar-refractivity contribution in [1.29, 1.82) is 5.26 Å². The summed E-state index contributed by atoms with van der Waals surface area (Å²) in [7, 11) is 0. The Kier molecular flexibility index (Phi) is 2.70. The predicted molar refractivity (Wildman–Crippen MR) is 64.8 cm³/mol. The number of halogens is 1. The summed E-state index contributed by atoms with van der Waals surface area (Å²) in [4.78, 5) is 8.24. The van der Waals surface area contributed by atoms with Crippen LogP contribution in [-0.4, -0.2) is 25.3 Å². The topological polar surface area (TPSA) is 104 Å². The van der Waals surface area contributed by atoms with Crippen molar-refractivity contribution in [1.82, 2.24) is 25.3 Å². The van der Waals surface area contributed by atoms with Crippen LogP contribution in [0.2, 0.25) is 5.02 Å². The van der Waals surface area contributed by atoms with Crippen molar-refractivity contribution < 1.29 is 4.52 Å². The molecule has 0 aliphatic heterocycles. The second-order valence-electron chi connectivity index (χ2n) is 3.53. The molecule has 0 bridgehead atoms. The lowest BCUT2D eigenvalue weighted by molar-refractivity contribution is 0.432. The van der Waals surface area contributed by atoms with Crippen molar-refractivity contribution in [3.8, 4) is 29.0 Å². The maximum Gasteiger partial charge on any atom is 0.262 e. The minimum atomic E-state index is 0.182. The minimum Gasteiger partial charge on any atom is -0.333 e. The van der Waals surface area contributed by atoms with Crippen LogP contribution in [0.15, 0.2) is 29.0 Å². The predicted octanol–water partition coefficient (Wildman–Crippen LogP) is 2.05. The maximum absolute atomic E-state index is 8.89. The Balaban J connectivity index is 2.06. The molecular weight excluding hydrogens is 268 g/mol. The zero-order valence-electron chi connectivity index (χ0n) is 9.33. The highest BCUT2D eigenvalue weighted by Gasteiger charge is 2.17. The first-order chi connectivity index (χ1) is 9.29. The van der Waals surface area contributed by atoms with E-state index in [1.54, 1.807) is 18.3 Å². The Morgan fingerprint density at radius 1 is 1.42 bits per heavy atom. The first-order valence-electron chi connectivity index (χ1n) is 5.18. The van der Waals surface area contributed by atoms with E-state index < -0.39 is 0 Å². The van der Waals surface area contributed by atoms with Crippen LogP contribution in [0.3, 0.4) is 0 Å². The van der Waals surface area contributed by atoms with Gasteiger partial charge in [0, 0.05) is 6.20 Å². The molecule has 1 N–H and O–H groups in total. The zero-order valence-corrected chi connectivity index (χ0v) is 10.1. The van der Waals surface area contributed by atoms with Crippen molar-refractivity contribution in [3.63, 3.8) is 0 Å². The van der Waals surface area contributed by atoms with Gasteiger partial charge in [0.1, 0.15) is 17.5 Å². The van der Waals surface area contributed by atoms with Crippen LogP contribution in [0.4, 0.5) is 0 Å². The maximum atomic E-state index is 8.89. The lowest BCUT2D eigenvalue weighted by Gasteiger charge is -1.94. The van der Waals surface area contributed by atoms with Crippen molar-refractivity contribution >= 4 is 11.6 Å². The molecule has 0 saturated heterocycles. The van der Waals surface area contributed by atoms with Gasteiger partial charge in [0.05, 0.1) is 16.8 Å². The number of H-pyrrole nitrogens is 1. The summed E-state index contributed by atoms with van der Waals surface area (Å²) in [5, 5.41) is 19.4. The first-order valence-corrected chi connectivity index (χ1v) is 5.56. The van der Waals surface area contributed by atoms with Gasteiger partial charge in [-0.15, -0.1) is 0 Å². The van der Waals surface area contributed by atoms with Crippen LogP contribution in [0.1, 0.15) is 5.69 Å². The van der Waals surface area contributed by atoms with Crippen LogP contribution in [0, 0.1) is 11.3 Å². The summed E-state index contributed by atoms with van der Waals surface area (Å²) < 4.78 is 5.09. The van der Waals surface area contributed by atoms with E-state index in [-0.39, 0.29) is 17.4 Å². The van der Waals surface area contributed by atoms with E-state index in [0.717, 1.165) is 0 Å². The highest BCUT2D eigenvalue weighted by Crippen LogP contribution is 2.26. The zero-order chi connectivity index (χ0) is 13.2. The normalized spacial score (nSPS) is 10.3. The van der Waals surface area contributed by atoms with E-state index in [4.69, 9.17) is 21.4 Å². The highest BCUT2D eigenvalue weighted by molar-refractivity contribution is 6.32. The van der Waals surface area contributed by atoms with E-state index in [0.29, 0.717) is 16.3 Å². The minimum absolute atomic E-state index is 0.182. The smallest absolute Gasteiger partial charge is 0.262 e. The third kappa shape index (κ3) is 1.94. The van der Waals surface area contributed by atoms with E-state index in [1.165, 1.54) is 6.20 Å². The second kappa shape index (κ2) is 4.51. The number of nitrogens with one attached hydrogen (secondary N) is 1. The van der Waals surface area contributed by atoms with Gasteiger partial charge in [0.15, 0.2) is 0 Å². The van der Waals surface area contributed by atoms with Gasteiger partial charge in [0.2, 0.25) is 5.82 Å². The molecule has 3 heterocycles. The van der Waals surface area contributed by atoms with Crippen LogP contribution < -0.4 is 0 Å². The molecule has 3 aromatic rings. The molecule has 0 amide bonds. The van der Waals surface area contributed by atoms with Crippen molar-refractivity contribution in [2.24, 2.45) is 0 Å². The van der Waals surface area contributed by atoms with Gasteiger partial charge in [-0.2, -0.15) is 15.3 Å². The molecule has 0 spiro atoms. The summed E-state index contributed by atoms with van der Waals surface area (Å²) in [6, 6.07) is 5.33. The number of rotatable bonds is 2. The number of aromatic nitrogens is 5. The summed E-state index contributed by atoms with van der Waals surface area (Å²) in [5.74, 6) is 0.438. The molecule has 0 aliphatic carbocycles. The Morgan fingerprint density at radius 3 is 3.11 bits per heavy atom. The summed E-state index contributed by atoms with van der Waals surface area (Å²) in [6.07, 6.45) is 3.02. The van der Waals surface area contributed by atoms with Gasteiger partial charge < -0.3 is 4.52 Å². The van der Waals surface area contributed by atoms with Gasteiger partial charge in [-0.25, -0.2) is 0 Å². The van der Waals surface area contributed by atoms with Gasteiger partial charge >= 0.3 is 0 Å². The number of aromatic amines is 1. The summed E-state index contributed by atoms with van der Waals surface area (Å²) >= 11 is 6.00. The highest BCUT2D eigenvalue weighted by atomic mass is 35.5. The summed E-state index contributed by atoms with van der Waals surface area (Å²) in [5.41, 5.74) is 1.11. The van der Waals surface area contributed by atoms with Gasteiger partial charge in [-0.1, -0.05) is 16.8 Å². The molecule has 3 rings (SSSR count). The quantitative estimate of drug-likeness (QED) is 0.765. The molecule has 0 unspecified atom stereocenters. The standard InChI is InChI=1S/C11H5ClN6O/c12-7-2-1-3-14-9(7)10-16-11(19-18-10)6-5-15-17-8(6)4-13/h1-3,5H,(H,15,17). The van der Waals surface area contributed by atoms with Crippen molar-refractivity contribution in [2.75, 3.05) is 0 Å². The van der Waals surface area contributed by atoms with Gasteiger partial charge in [-0.05, 0) is 12.1 Å². The number of nitriles is 1. The van der Waals surface area contributed by atoms with E-state index in [1.807, 2.05) is 6.07 Å². The van der Waals surface area contributed by atoms with Crippen molar-refractivity contribution in [3.05, 3.63) is 35.2 Å². The Labute approximate surface area is 111 Å². The molecule has 0 fully saturated rings. The number of hydrogen-bond donors (Lipinski definition) is 1. The first kappa shape index (κ1) is 11.4. The molecule has 0 saturated carbocycles. The summed E-state index contributed by atoms with van der Waals surface area (Å²) in [6.45, 7) is 0. The third-order valence-electron chi connectivity index (χ3n) is 2.38. The third-order valence-corrected chi connectivity index (χ3v) is 2.68. The van der Waals surface area contributed by atoms with Crippen LogP contribution in [0.5, 0.6) is 0 Å². The number of hydrogen-bond acceptors (Lipinski definition) is 6. The lowest BCUT2D eigenvalue weighted by atomic mass is 10.2. The Morgan fingerprint density at radius 2 is 2.32 bits per heavy atom. The van der Waals surface area contributed by atoms with E-state index >= 15 is 0 Å². The second-order valence-corrected chi connectivity index (χ2v) is 3.93. The van der Waals surface area contributed by atoms with Crippen molar-refractivity contribution in [2.45, 2.75) is 0 Å². The molecule has 8 heteroatoms. The van der Waals surface area contributed by atoms with Crippen LogP contribution >= 0.6 is 11.6 Å². The molecular formula is C11H5ClN6O. The average Bonchev–Trinajstić information content (AvgIpc) is 3.07. The fourth-order valence-electron chi connectivity index (χ4n) is 1.51. The molecule has 3 aromatic heterocycles. The molecule has 0 aromatic carbocycles. The largest absolute Gasteiger partial charge is 0.333 e. The van der Waals surface area contributed by atoms with Crippen LogP contribution in [0.25, 0.3) is 23.0 Å². The average molecular weight is 273 g/mol. The molecule has 0 radical (unpaired) electrons. The van der Waals surface area contributed by atoms with Crippen LogP contribution in [-0.2, 0) is 0 Å². The molecule has 7 nitrogen and oxygen atoms in total. The Bertz CT molecular complexity index is 755. The molecule has 0 atom stereocenters. The SMILES string of the molecule is N#Cc1[nH]ncc1-c1nc(-c2ncccc2Cl)no1. The van der Waals surface area contributed by atoms with E-state index in [2.05, 4.69) is 25.3 Å². The lowest BCUT2D eigenvalue weighted by Crippen LogP contribution is -1.86. The van der Waals surface area contributed by atoms with Gasteiger partial charge in [-0.3, -0.25) is 10.1 Å². The number of pyridine rings is 1. The Hall–Kier alpha value is -2.72. The molecule has 19 heavy (non-hydrogen) atoms. The molecule has 92 valence electrons. The van der Waals surface area contributed by atoms with E-state index in [9.17, 15) is 0 Å².